The molecule has 0 radical (unpaired) electrons. The summed E-state index contributed by atoms with van der Waals surface area (Å²) in [7, 11) is 1.88. The lowest BCUT2D eigenvalue weighted by atomic mass is 10.1. The first-order chi connectivity index (χ1) is 11.8. The minimum atomic E-state index is -0.0239. The van der Waals surface area contributed by atoms with Gasteiger partial charge in [-0.05, 0) is 46.6 Å². The lowest BCUT2D eigenvalue weighted by molar-refractivity contribution is -0.862. The fourth-order valence-corrected chi connectivity index (χ4v) is 3.44. The van der Waals surface area contributed by atoms with Crippen molar-refractivity contribution in [2.24, 2.45) is 0 Å². The highest BCUT2D eigenvalue weighted by molar-refractivity contribution is 5.98. The molecule has 2 heterocycles. The topological polar surface area (TPSA) is 64.8 Å². The van der Waals surface area contributed by atoms with E-state index in [0.717, 1.165) is 47.8 Å². The van der Waals surface area contributed by atoms with E-state index in [9.17, 15) is 9.59 Å². The Morgan fingerprint density at radius 3 is 2.68 bits per heavy atom. The SMILES string of the molecule is Cc1cc(C(=O)C[NH+](C)CC(=O)NC(C)C)c(C)n1C[C@H]1CCCO1. The summed E-state index contributed by atoms with van der Waals surface area (Å²) in [6.45, 7) is 10.2. The van der Waals surface area contributed by atoms with Crippen molar-refractivity contribution in [1.29, 1.82) is 0 Å². The first-order valence-corrected chi connectivity index (χ1v) is 9.20. The average molecular weight is 350 g/mol. The summed E-state index contributed by atoms with van der Waals surface area (Å²) in [5.41, 5.74) is 2.85. The van der Waals surface area contributed by atoms with Crippen molar-refractivity contribution in [2.75, 3.05) is 26.7 Å². The molecule has 1 aliphatic heterocycles. The van der Waals surface area contributed by atoms with Crippen LogP contribution in [-0.2, 0) is 16.1 Å². The maximum atomic E-state index is 12.7. The van der Waals surface area contributed by atoms with Crippen LogP contribution < -0.4 is 10.2 Å². The zero-order valence-corrected chi connectivity index (χ0v) is 16.1. The summed E-state index contributed by atoms with van der Waals surface area (Å²) in [5.74, 6) is 0.0608. The lowest BCUT2D eigenvalue weighted by Gasteiger charge is -2.16. The molecule has 1 aromatic rings. The molecule has 140 valence electrons. The second-order valence-electron chi connectivity index (χ2n) is 7.49. The van der Waals surface area contributed by atoms with E-state index in [1.165, 1.54) is 0 Å². The highest BCUT2D eigenvalue weighted by Gasteiger charge is 2.23. The Bertz CT molecular complexity index is 616. The number of nitrogens with zero attached hydrogens (tertiary/aromatic N) is 1. The fraction of sp³-hybridized carbons (Fsp3) is 0.684. The summed E-state index contributed by atoms with van der Waals surface area (Å²) in [5, 5.41) is 2.86. The number of Topliss-reactive ketones (excluding diaryl/α,β-unsaturated/α-hetero) is 1. The van der Waals surface area contributed by atoms with E-state index in [1.807, 2.05) is 40.8 Å². The molecule has 2 atom stereocenters. The first kappa shape index (κ1) is 19.7. The Hall–Kier alpha value is -1.66. The smallest absolute Gasteiger partial charge is 0.275 e. The average Bonchev–Trinajstić information content (AvgIpc) is 3.09. The third-order valence-corrected chi connectivity index (χ3v) is 4.66. The zero-order valence-electron chi connectivity index (χ0n) is 16.1. The Labute approximate surface area is 150 Å². The molecule has 25 heavy (non-hydrogen) atoms. The number of carbonyl (C=O) groups is 2. The molecule has 0 saturated carbocycles. The molecule has 1 unspecified atom stereocenters. The third-order valence-electron chi connectivity index (χ3n) is 4.66. The van der Waals surface area contributed by atoms with Crippen LogP contribution in [0.25, 0.3) is 0 Å². The van der Waals surface area contributed by atoms with Crippen molar-refractivity contribution in [1.82, 2.24) is 9.88 Å². The Balaban J connectivity index is 1.98. The van der Waals surface area contributed by atoms with Crippen LogP contribution in [0.2, 0.25) is 0 Å². The van der Waals surface area contributed by atoms with Gasteiger partial charge in [0.05, 0.1) is 13.2 Å². The molecule has 2 N–H and O–H groups in total. The number of ketones is 1. The van der Waals surface area contributed by atoms with E-state index in [4.69, 9.17) is 4.74 Å². The van der Waals surface area contributed by atoms with E-state index in [2.05, 4.69) is 9.88 Å². The number of aromatic nitrogens is 1. The minimum Gasteiger partial charge on any atom is -0.376 e. The molecule has 1 fully saturated rings. The summed E-state index contributed by atoms with van der Waals surface area (Å²) in [6.07, 6.45) is 2.45. The first-order valence-electron chi connectivity index (χ1n) is 9.20. The second-order valence-corrected chi connectivity index (χ2v) is 7.49. The van der Waals surface area contributed by atoms with Gasteiger partial charge in [-0.1, -0.05) is 0 Å². The molecule has 1 aromatic heterocycles. The summed E-state index contributed by atoms with van der Waals surface area (Å²) in [4.78, 5) is 25.4. The van der Waals surface area contributed by atoms with Gasteiger partial charge in [0.15, 0.2) is 6.54 Å². The molecule has 1 saturated heterocycles. The van der Waals surface area contributed by atoms with Gasteiger partial charge in [-0.25, -0.2) is 0 Å². The maximum absolute atomic E-state index is 12.7. The zero-order chi connectivity index (χ0) is 18.6. The lowest BCUT2D eigenvalue weighted by Crippen LogP contribution is -3.11. The number of amides is 1. The number of likely N-dealkylation sites (N-methyl/N-ethyl adjacent to an activating group) is 1. The van der Waals surface area contributed by atoms with Crippen molar-refractivity contribution >= 4 is 11.7 Å². The van der Waals surface area contributed by atoms with Gasteiger partial charge < -0.3 is 19.5 Å². The van der Waals surface area contributed by atoms with Gasteiger partial charge in [-0.2, -0.15) is 0 Å². The van der Waals surface area contributed by atoms with E-state index < -0.39 is 0 Å². The highest BCUT2D eigenvalue weighted by atomic mass is 16.5. The third kappa shape index (κ3) is 5.41. The van der Waals surface area contributed by atoms with Gasteiger partial charge in [0.2, 0.25) is 5.78 Å². The predicted molar refractivity (Wildman–Crippen MR) is 97.1 cm³/mol. The van der Waals surface area contributed by atoms with Gasteiger partial charge in [0, 0.05) is 36.1 Å². The fourth-order valence-electron chi connectivity index (χ4n) is 3.44. The molecule has 0 aromatic carbocycles. The highest BCUT2D eigenvalue weighted by Crippen LogP contribution is 2.20. The van der Waals surface area contributed by atoms with Crippen LogP contribution in [0.5, 0.6) is 0 Å². The molecule has 0 aliphatic carbocycles. The summed E-state index contributed by atoms with van der Waals surface area (Å²) >= 11 is 0. The number of rotatable bonds is 8. The van der Waals surface area contributed by atoms with Gasteiger partial charge in [0.1, 0.15) is 6.54 Å². The number of hydrogen-bond donors (Lipinski definition) is 2. The van der Waals surface area contributed by atoms with Crippen LogP contribution in [0, 0.1) is 13.8 Å². The molecule has 6 heteroatoms. The quantitative estimate of drug-likeness (QED) is 0.672. The Morgan fingerprint density at radius 1 is 1.36 bits per heavy atom. The molecular formula is C19H32N3O3+. The number of quaternary nitrogens is 1. The number of hydrogen-bond acceptors (Lipinski definition) is 3. The van der Waals surface area contributed by atoms with Crippen molar-refractivity contribution in [3.63, 3.8) is 0 Å². The van der Waals surface area contributed by atoms with Crippen molar-refractivity contribution in [2.45, 2.75) is 59.2 Å². The van der Waals surface area contributed by atoms with Crippen LogP contribution in [-0.4, -0.2) is 55.1 Å². The van der Waals surface area contributed by atoms with Gasteiger partial charge in [0.25, 0.3) is 5.91 Å². The standard InChI is InChI=1S/C19H31N3O3/c1-13(2)20-19(24)12-21(5)11-18(23)17-9-14(3)22(15(17)4)10-16-7-6-8-25-16/h9,13,16H,6-8,10-12H2,1-5H3,(H,20,24)/p+1/t16-/m1/s1. The molecule has 0 bridgehead atoms. The summed E-state index contributed by atoms with van der Waals surface area (Å²) in [6, 6.07) is 2.08. The van der Waals surface area contributed by atoms with Crippen molar-refractivity contribution < 1.29 is 19.2 Å². The molecule has 0 spiro atoms. The molecule has 1 amide bonds. The maximum Gasteiger partial charge on any atom is 0.275 e. The minimum absolute atomic E-state index is 0.0239. The van der Waals surface area contributed by atoms with Crippen LogP contribution in [0.3, 0.4) is 0 Å². The normalized spacial score (nSPS) is 18.6. The van der Waals surface area contributed by atoms with Crippen LogP contribution in [0.4, 0.5) is 0 Å². The van der Waals surface area contributed by atoms with E-state index in [1.54, 1.807) is 0 Å². The van der Waals surface area contributed by atoms with E-state index >= 15 is 0 Å². The van der Waals surface area contributed by atoms with E-state index in [-0.39, 0.29) is 23.8 Å². The van der Waals surface area contributed by atoms with E-state index in [0.29, 0.717) is 13.1 Å². The second kappa shape index (κ2) is 8.63. The number of ether oxygens (including phenoxy) is 1. The number of nitrogens with one attached hydrogen (secondary N) is 2. The number of aryl methyl sites for hydroxylation is 1. The Morgan fingerprint density at radius 2 is 2.08 bits per heavy atom. The van der Waals surface area contributed by atoms with Gasteiger partial charge in [-0.3, -0.25) is 9.59 Å². The van der Waals surface area contributed by atoms with Crippen LogP contribution >= 0.6 is 0 Å². The Kier molecular flexibility index (Phi) is 6.79. The molecular weight excluding hydrogens is 318 g/mol. The van der Waals surface area contributed by atoms with Crippen molar-refractivity contribution in [3.05, 3.63) is 23.0 Å². The van der Waals surface area contributed by atoms with Gasteiger partial charge >= 0.3 is 0 Å². The van der Waals surface area contributed by atoms with Crippen LogP contribution in [0.15, 0.2) is 6.07 Å². The molecule has 2 rings (SSSR count). The largest absolute Gasteiger partial charge is 0.376 e. The predicted octanol–water partition coefficient (Wildman–Crippen LogP) is 0.506. The van der Waals surface area contributed by atoms with Gasteiger partial charge in [-0.15, -0.1) is 0 Å². The van der Waals surface area contributed by atoms with Crippen LogP contribution in [0.1, 0.15) is 48.4 Å². The summed E-state index contributed by atoms with van der Waals surface area (Å²) < 4.78 is 7.91. The molecule has 1 aliphatic rings. The monoisotopic (exact) mass is 350 g/mol. The number of carbonyl (C=O) groups excluding carboxylic acids is 2. The molecule has 6 nitrogen and oxygen atoms in total. The van der Waals surface area contributed by atoms with Crippen molar-refractivity contribution in [3.8, 4) is 0 Å².